The topological polar surface area (TPSA) is 56.7 Å². The number of hydrogen-bond acceptors (Lipinski definition) is 3. The lowest BCUT2D eigenvalue weighted by molar-refractivity contribution is 0.644. The van der Waals surface area contributed by atoms with Crippen molar-refractivity contribution in [2.24, 2.45) is 5.73 Å². The zero-order valence-corrected chi connectivity index (χ0v) is 11.8. The van der Waals surface area contributed by atoms with E-state index in [0.29, 0.717) is 0 Å². The van der Waals surface area contributed by atoms with Gasteiger partial charge in [0.15, 0.2) is 0 Å². The molecule has 1 atom stereocenters. The number of rotatable bonds is 4. The molecule has 2 rings (SSSR count). The fourth-order valence-electron chi connectivity index (χ4n) is 1.55. The molecule has 2 aromatic rings. The van der Waals surface area contributed by atoms with Crippen molar-refractivity contribution in [1.82, 2.24) is 15.0 Å². The van der Waals surface area contributed by atoms with E-state index in [2.05, 4.69) is 57.2 Å². The van der Waals surface area contributed by atoms with Crippen LogP contribution in [0, 0.1) is 3.57 Å². The van der Waals surface area contributed by atoms with Crippen LogP contribution in [0.1, 0.15) is 30.6 Å². The van der Waals surface area contributed by atoms with E-state index >= 15 is 0 Å². The molecule has 0 fully saturated rings. The van der Waals surface area contributed by atoms with Crippen LogP contribution in [0.3, 0.4) is 0 Å². The molecule has 0 spiro atoms. The minimum absolute atomic E-state index is 0.0135. The van der Waals surface area contributed by atoms with Crippen LogP contribution in [0.25, 0.3) is 0 Å². The molecule has 0 radical (unpaired) electrons. The molecule has 0 aliphatic carbocycles. The van der Waals surface area contributed by atoms with Gasteiger partial charge in [-0.05, 0) is 46.7 Å². The third-order valence-corrected chi connectivity index (χ3v) is 3.35. The van der Waals surface area contributed by atoms with Gasteiger partial charge in [0.1, 0.15) is 0 Å². The molecular weight excluding hydrogens is 327 g/mol. The third-order valence-electron chi connectivity index (χ3n) is 2.63. The highest BCUT2D eigenvalue weighted by Gasteiger charge is 2.08. The van der Waals surface area contributed by atoms with Gasteiger partial charge in [-0.15, -0.1) is 5.10 Å². The zero-order chi connectivity index (χ0) is 12.3. The normalized spacial score (nSPS) is 12.6. The maximum absolute atomic E-state index is 5.90. The summed E-state index contributed by atoms with van der Waals surface area (Å²) in [6.45, 7) is 2.78. The Hall–Kier alpha value is -0.950. The van der Waals surface area contributed by atoms with Gasteiger partial charge in [0.2, 0.25) is 0 Å². The second-order valence-corrected chi connectivity index (χ2v) is 5.23. The molecule has 1 aromatic carbocycles. The molecule has 2 N–H and O–H groups in total. The van der Waals surface area contributed by atoms with Crippen LogP contribution >= 0.6 is 22.6 Å². The van der Waals surface area contributed by atoms with Crippen molar-refractivity contribution in [3.63, 3.8) is 0 Å². The van der Waals surface area contributed by atoms with E-state index in [1.807, 2.05) is 17.8 Å². The summed E-state index contributed by atoms with van der Waals surface area (Å²) < 4.78 is 3.06. The Balaban J connectivity index is 2.08. The molecule has 0 amide bonds. The average molecular weight is 342 g/mol. The fourth-order valence-corrected chi connectivity index (χ4v) is 1.91. The van der Waals surface area contributed by atoms with Crippen LogP contribution in [0.15, 0.2) is 30.5 Å². The highest BCUT2D eigenvalue weighted by Crippen LogP contribution is 2.11. The second kappa shape index (κ2) is 5.59. The van der Waals surface area contributed by atoms with Crippen molar-refractivity contribution in [2.75, 3.05) is 0 Å². The van der Waals surface area contributed by atoms with E-state index in [9.17, 15) is 0 Å². The average Bonchev–Trinajstić information content (AvgIpc) is 2.80. The predicted octanol–water partition coefficient (Wildman–Crippen LogP) is 2.34. The first-order chi connectivity index (χ1) is 8.19. The SMILES string of the molecule is CCC(N)c1cn(Cc2ccc(I)cc2)nn1. The first-order valence-corrected chi connectivity index (χ1v) is 6.67. The third kappa shape index (κ3) is 3.26. The monoisotopic (exact) mass is 342 g/mol. The van der Waals surface area contributed by atoms with Gasteiger partial charge in [-0.3, -0.25) is 0 Å². The lowest BCUT2D eigenvalue weighted by Gasteiger charge is -2.02. The van der Waals surface area contributed by atoms with Crippen molar-refractivity contribution in [1.29, 1.82) is 0 Å². The van der Waals surface area contributed by atoms with Gasteiger partial charge in [0.25, 0.3) is 0 Å². The molecule has 0 bridgehead atoms. The summed E-state index contributed by atoms with van der Waals surface area (Å²) in [7, 11) is 0. The molecule has 0 aliphatic heterocycles. The number of nitrogens with two attached hydrogens (primary N) is 1. The first-order valence-electron chi connectivity index (χ1n) is 5.59. The van der Waals surface area contributed by atoms with Crippen LogP contribution in [0.5, 0.6) is 0 Å². The molecule has 4 nitrogen and oxygen atoms in total. The molecule has 90 valence electrons. The fraction of sp³-hybridized carbons (Fsp3) is 0.333. The second-order valence-electron chi connectivity index (χ2n) is 3.98. The van der Waals surface area contributed by atoms with Crippen LogP contribution in [-0.2, 0) is 6.54 Å². The number of nitrogens with zero attached hydrogens (tertiary/aromatic N) is 3. The Bertz CT molecular complexity index is 478. The van der Waals surface area contributed by atoms with E-state index in [-0.39, 0.29) is 6.04 Å². The zero-order valence-electron chi connectivity index (χ0n) is 9.68. The lowest BCUT2D eigenvalue weighted by atomic mass is 10.2. The Labute approximate surface area is 114 Å². The summed E-state index contributed by atoms with van der Waals surface area (Å²) in [5, 5.41) is 8.17. The molecule has 1 unspecified atom stereocenters. The van der Waals surface area contributed by atoms with Crippen LogP contribution in [0.2, 0.25) is 0 Å². The summed E-state index contributed by atoms with van der Waals surface area (Å²) in [4.78, 5) is 0. The van der Waals surface area contributed by atoms with Crippen LogP contribution in [0.4, 0.5) is 0 Å². The lowest BCUT2D eigenvalue weighted by Crippen LogP contribution is -2.08. The van der Waals surface area contributed by atoms with Gasteiger partial charge < -0.3 is 5.73 Å². The van der Waals surface area contributed by atoms with E-state index in [1.165, 1.54) is 9.13 Å². The largest absolute Gasteiger partial charge is 0.323 e. The van der Waals surface area contributed by atoms with Gasteiger partial charge in [-0.2, -0.15) is 0 Å². The highest BCUT2D eigenvalue weighted by atomic mass is 127. The quantitative estimate of drug-likeness (QED) is 0.868. The van der Waals surface area contributed by atoms with Crippen molar-refractivity contribution < 1.29 is 0 Å². The Morgan fingerprint density at radius 1 is 1.35 bits per heavy atom. The van der Waals surface area contributed by atoms with Crippen molar-refractivity contribution in [2.45, 2.75) is 25.9 Å². The Morgan fingerprint density at radius 2 is 2.06 bits per heavy atom. The van der Waals surface area contributed by atoms with E-state index < -0.39 is 0 Å². The van der Waals surface area contributed by atoms with E-state index in [4.69, 9.17) is 5.73 Å². The van der Waals surface area contributed by atoms with Gasteiger partial charge in [-0.25, -0.2) is 4.68 Å². The first kappa shape index (κ1) is 12.5. The number of benzene rings is 1. The molecule has 1 heterocycles. The summed E-state index contributed by atoms with van der Waals surface area (Å²) in [5.41, 5.74) is 7.98. The molecule has 5 heteroatoms. The van der Waals surface area contributed by atoms with Crippen molar-refractivity contribution >= 4 is 22.6 Å². The number of halogens is 1. The Kier molecular flexibility index (Phi) is 4.11. The van der Waals surface area contributed by atoms with Gasteiger partial charge in [0, 0.05) is 3.57 Å². The van der Waals surface area contributed by atoms with Gasteiger partial charge >= 0.3 is 0 Å². The summed E-state index contributed by atoms with van der Waals surface area (Å²) >= 11 is 2.29. The van der Waals surface area contributed by atoms with Crippen LogP contribution < -0.4 is 5.73 Å². The molecule has 17 heavy (non-hydrogen) atoms. The van der Waals surface area contributed by atoms with Gasteiger partial charge in [-0.1, -0.05) is 24.3 Å². The molecular formula is C12H15IN4. The Morgan fingerprint density at radius 3 is 2.71 bits per heavy atom. The maximum Gasteiger partial charge on any atom is 0.0994 e. The standard InChI is InChI=1S/C12H15IN4/c1-2-11(14)12-8-17(16-15-12)7-9-3-5-10(13)6-4-9/h3-6,8,11H,2,7,14H2,1H3. The summed E-state index contributed by atoms with van der Waals surface area (Å²) in [6, 6.07) is 8.36. The number of hydrogen-bond donors (Lipinski definition) is 1. The highest BCUT2D eigenvalue weighted by molar-refractivity contribution is 14.1. The van der Waals surface area contributed by atoms with Crippen LogP contribution in [-0.4, -0.2) is 15.0 Å². The van der Waals surface area contributed by atoms with Crippen molar-refractivity contribution in [3.05, 3.63) is 45.3 Å². The predicted molar refractivity (Wildman–Crippen MR) is 75.5 cm³/mol. The summed E-state index contributed by atoms with van der Waals surface area (Å²) in [5.74, 6) is 0. The van der Waals surface area contributed by atoms with Gasteiger partial charge in [0.05, 0.1) is 24.5 Å². The maximum atomic E-state index is 5.90. The molecule has 0 saturated heterocycles. The number of aromatic nitrogens is 3. The molecule has 0 saturated carbocycles. The van der Waals surface area contributed by atoms with E-state index in [0.717, 1.165) is 18.7 Å². The molecule has 0 aliphatic rings. The van der Waals surface area contributed by atoms with E-state index in [1.54, 1.807) is 0 Å². The van der Waals surface area contributed by atoms with Crippen molar-refractivity contribution in [3.8, 4) is 0 Å². The molecule has 1 aromatic heterocycles. The smallest absolute Gasteiger partial charge is 0.0994 e. The summed E-state index contributed by atoms with van der Waals surface area (Å²) in [6.07, 6.45) is 2.80. The minimum Gasteiger partial charge on any atom is -0.323 e. The minimum atomic E-state index is -0.0135.